The number of H-pyrrole nitrogens is 1. The number of nitrogens with zero attached hydrogens (tertiary/aromatic N) is 4. The van der Waals surface area contributed by atoms with Gasteiger partial charge in [-0.2, -0.15) is 10.2 Å². The first-order chi connectivity index (χ1) is 11.1. The molecule has 7 heteroatoms. The third-order valence-electron chi connectivity index (χ3n) is 4.61. The summed E-state index contributed by atoms with van der Waals surface area (Å²) in [7, 11) is 1.87. The summed E-state index contributed by atoms with van der Waals surface area (Å²) in [6.45, 7) is 5.57. The van der Waals surface area contributed by atoms with Crippen molar-refractivity contribution in [3.63, 3.8) is 0 Å². The van der Waals surface area contributed by atoms with Gasteiger partial charge in [0.15, 0.2) is 0 Å². The van der Waals surface area contributed by atoms with Crippen LogP contribution >= 0.6 is 0 Å². The zero-order valence-corrected chi connectivity index (χ0v) is 14.0. The molecular formula is C16H24N6O. The minimum atomic E-state index is -0.0528. The minimum absolute atomic E-state index is 0.0528. The van der Waals surface area contributed by atoms with Crippen molar-refractivity contribution in [1.82, 2.24) is 24.9 Å². The van der Waals surface area contributed by atoms with Crippen LogP contribution < -0.4 is 5.32 Å². The lowest BCUT2D eigenvalue weighted by molar-refractivity contribution is 0.192. The molecule has 0 spiro atoms. The molecule has 1 aliphatic heterocycles. The van der Waals surface area contributed by atoms with Gasteiger partial charge in [-0.25, -0.2) is 4.79 Å². The molecule has 1 aliphatic rings. The normalized spacial score (nSPS) is 18.2. The van der Waals surface area contributed by atoms with Gasteiger partial charge in [-0.1, -0.05) is 6.92 Å². The van der Waals surface area contributed by atoms with Crippen LogP contribution in [0.25, 0.3) is 0 Å². The Morgan fingerprint density at radius 3 is 3.00 bits per heavy atom. The number of aryl methyl sites for hydroxylation is 2. The van der Waals surface area contributed by atoms with E-state index < -0.39 is 0 Å². The molecule has 0 bridgehead atoms. The number of rotatable bonds is 3. The SMILES string of the molecule is CCc1nn(C)c(NC(=O)N2CCCC(c3ccn[nH]3)C2)c1C. The first-order valence-electron chi connectivity index (χ1n) is 8.17. The third-order valence-corrected chi connectivity index (χ3v) is 4.61. The van der Waals surface area contributed by atoms with Crippen LogP contribution in [-0.2, 0) is 13.5 Å². The lowest BCUT2D eigenvalue weighted by Crippen LogP contribution is -2.42. The summed E-state index contributed by atoms with van der Waals surface area (Å²) in [6, 6.07) is 1.94. The van der Waals surface area contributed by atoms with Crippen molar-refractivity contribution in [1.29, 1.82) is 0 Å². The average molecular weight is 316 g/mol. The molecule has 0 saturated carbocycles. The first kappa shape index (κ1) is 15.6. The molecule has 7 nitrogen and oxygen atoms in total. The molecule has 23 heavy (non-hydrogen) atoms. The van der Waals surface area contributed by atoms with E-state index in [2.05, 4.69) is 27.5 Å². The fourth-order valence-corrected chi connectivity index (χ4v) is 3.29. The molecule has 124 valence electrons. The van der Waals surface area contributed by atoms with Gasteiger partial charge in [-0.3, -0.25) is 15.1 Å². The summed E-state index contributed by atoms with van der Waals surface area (Å²) in [5.41, 5.74) is 3.18. The van der Waals surface area contributed by atoms with Gasteiger partial charge in [-0.05, 0) is 32.3 Å². The molecule has 2 N–H and O–H groups in total. The number of carbonyl (C=O) groups excluding carboxylic acids is 1. The predicted molar refractivity (Wildman–Crippen MR) is 88.5 cm³/mol. The number of piperidine rings is 1. The van der Waals surface area contributed by atoms with Crippen LogP contribution in [0.3, 0.4) is 0 Å². The van der Waals surface area contributed by atoms with E-state index in [9.17, 15) is 4.79 Å². The third kappa shape index (κ3) is 3.09. The molecule has 2 amide bonds. The van der Waals surface area contributed by atoms with Crippen molar-refractivity contribution in [2.75, 3.05) is 18.4 Å². The summed E-state index contributed by atoms with van der Waals surface area (Å²) in [5, 5.41) is 14.5. The molecule has 3 rings (SSSR count). The van der Waals surface area contributed by atoms with Crippen LogP contribution in [0, 0.1) is 6.92 Å². The number of hydrogen-bond acceptors (Lipinski definition) is 3. The minimum Gasteiger partial charge on any atom is -0.324 e. The molecule has 1 atom stereocenters. The Morgan fingerprint density at radius 1 is 1.52 bits per heavy atom. The van der Waals surface area contributed by atoms with Crippen molar-refractivity contribution in [3.05, 3.63) is 29.2 Å². The van der Waals surface area contributed by atoms with Crippen LogP contribution in [0.1, 0.15) is 42.6 Å². The number of hydrogen-bond donors (Lipinski definition) is 2. The second-order valence-corrected chi connectivity index (χ2v) is 6.12. The average Bonchev–Trinajstić information content (AvgIpc) is 3.19. The van der Waals surface area contributed by atoms with E-state index >= 15 is 0 Å². The van der Waals surface area contributed by atoms with E-state index in [1.54, 1.807) is 10.9 Å². The molecule has 1 unspecified atom stereocenters. The molecule has 0 radical (unpaired) electrons. The maximum absolute atomic E-state index is 12.6. The van der Waals surface area contributed by atoms with E-state index in [1.165, 1.54) is 0 Å². The molecule has 0 aliphatic carbocycles. The quantitative estimate of drug-likeness (QED) is 0.913. The molecule has 0 aromatic carbocycles. The van der Waals surface area contributed by atoms with Gasteiger partial charge in [0.1, 0.15) is 5.82 Å². The van der Waals surface area contributed by atoms with Crippen molar-refractivity contribution >= 4 is 11.8 Å². The predicted octanol–water partition coefficient (Wildman–Crippen LogP) is 2.43. The van der Waals surface area contributed by atoms with Crippen molar-refractivity contribution in [2.24, 2.45) is 7.05 Å². The van der Waals surface area contributed by atoms with Gasteiger partial charge < -0.3 is 4.90 Å². The van der Waals surface area contributed by atoms with Crippen LogP contribution in [0.2, 0.25) is 0 Å². The number of carbonyl (C=O) groups is 1. The fraction of sp³-hybridized carbons (Fsp3) is 0.562. The maximum atomic E-state index is 12.6. The second-order valence-electron chi connectivity index (χ2n) is 6.12. The number of anilines is 1. The smallest absolute Gasteiger partial charge is 0.323 e. The zero-order chi connectivity index (χ0) is 16.4. The molecule has 3 heterocycles. The Bertz CT molecular complexity index is 675. The highest BCUT2D eigenvalue weighted by Crippen LogP contribution is 2.26. The van der Waals surface area contributed by atoms with Gasteiger partial charge >= 0.3 is 6.03 Å². The molecular weight excluding hydrogens is 292 g/mol. The number of urea groups is 1. The molecule has 2 aromatic heterocycles. The summed E-state index contributed by atoms with van der Waals surface area (Å²) < 4.78 is 1.75. The summed E-state index contributed by atoms with van der Waals surface area (Å²) in [4.78, 5) is 14.5. The number of nitrogens with one attached hydrogen (secondary N) is 2. The summed E-state index contributed by atoms with van der Waals surface area (Å²) in [5.74, 6) is 1.12. The Hall–Kier alpha value is -2.31. The lowest BCUT2D eigenvalue weighted by atomic mass is 9.95. The van der Waals surface area contributed by atoms with Gasteiger partial charge in [0.05, 0.1) is 5.69 Å². The van der Waals surface area contributed by atoms with Crippen LogP contribution in [-0.4, -0.2) is 44.0 Å². The van der Waals surface area contributed by atoms with Gasteiger partial charge in [-0.15, -0.1) is 0 Å². The highest BCUT2D eigenvalue weighted by Gasteiger charge is 2.26. The van der Waals surface area contributed by atoms with Gasteiger partial charge in [0.25, 0.3) is 0 Å². The fourth-order valence-electron chi connectivity index (χ4n) is 3.29. The maximum Gasteiger partial charge on any atom is 0.323 e. The van der Waals surface area contributed by atoms with E-state index in [4.69, 9.17) is 0 Å². The number of amides is 2. The zero-order valence-electron chi connectivity index (χ0n) is 14.0. The highest BCUT2D eigenvalue weighted by molar-refractivity contribution is 5.89. The van der Waals surface area contributed by atoms with E-state index in [1.807, 2.05) is 24.9 Å². The Balaban J connectivity index is 1.70. The van der Waals surface area contributed by atoms with Crippen molar-refractivity contribution < 1.29 is 4.79 Å². The standard InChI is InChI=1S/C16H24N6O/c1-4-13-11(2)15(21(3)20-13)18-16(23)22-9-5-6-12(10-22)14-7-8-17-19-14/h7-8,12H,4-6,9-10H2,1-3H3,(H,17,19)(H,18,23). The lowest BCUT2D eigenvalue weighted by Gasteiger charge is -2.32. The molecule has 2 aromatic rings. The molecule has 1 fully saturated rings. The van der Waals surface area contributed by atoms with Crippen LogP contribution in [0.15, 0.2) is 12.3 Å². The summed E-state index contributed by atoms with van der Waals surface area (Å²) >= 11 is 0. The van der Waals surface area contributed by atoms with Crippen LogP contribution in [0.5, 0.6) is 0 Å². The Morgan fingerprint density at radius 2 is 2.35 bits per heavy atom. The van der Waals surface area contributed by atoms with Gasteiger partial charge in [0, 0.05) is 43.5 Å². The second kappa shape index (κ2) is 6.44. The number of aromatic nitrogens is 4. The Kier molecular flexibility index (Phi) is 4.36. The monoisotopic (exact) mass is 316 g/mol. The number of likely N-dealkylation sites (tertiary alicyclic amines) is 1. The van der Waals surface area contributed by atoms with E-state index in [0.717, 1.165) is 48.6 Å². The van der Waals surface area contributed by atoms with E-state index in [0.29, 0.717) is 12.5 Å². The first-order valence-corrected chi connectivity index (χ1v) is 8.17. The van der Waals surface area contributed by atoms with Crippen molar-refractivity contribution in [3.8, 4) is 0 Å². The largest absolute Gasteiger partial charge is 0.324 e. The highest BCUT2D eigenvalue weighted by atomic mass is 16.2. The van der Waals surface area contributed by atoms with E-state index in [-0.39, 0.29) is 6.03 Å². The molecule has 1 saturated heterocycles. The van der Waals surface area contributed by atoms with Gasteiger partial charge in [0.2, 0.25) is 0 Å². The van der Waals surface area contributed by atoms with Crippen molar-refractivity contribution in [2.45, 2.75) is 39.0 Å². The van der Waals surface area contributed by atoms with Crippen LogP contribution in [0.4, 0.5) is 10.6 Å². The topological polar surface area (TPSA) is 78.8 Å². The Labute approximate surface area is 136 Å². The number of aromatic amines is 1. The summed E-state index contributed by atoms with van der Waals surface area (Å²) in [6.07, 6.45) is 4.71.